The van der Waals surface area contributed by atoms with E-state index in [9.17, 15) is 14.7 Å². The number of carboxylic acid groups (broad SMARTS) is 1. The fraction of sp³-hybridized carbons (Fsp3) is 0.714. The Labute approximate surface area is 112 Å². The number of rotatable bonds is 5. The largest absolute Gasteiger partial charge is 0.481 e. The smallest absolute Gasteiger partial charge is 0.307 e. The predicted octanol–water partition coefficient (Wildman–Crippen LogP) is 0.739. The molecule has 0 aliphatic heterocycles. The highest BCUT2D eigenvalue weighted by Gasteiger charge is 2.52. The Bertz CT molecular complexity index is 404. The second-order valence-electron chi connectivity index (χ2n) is 5.69. The van der Waals surface area contributed by atoms with Gasteiger partial charge < -0.3 is 15.1 Å². The molecule has 0 aromatic carbocycles. The Kier molecular flexibility index (Phi) is 3.94. The number of fused-ring (bicyclic) bond motifs is 2. The van der Waals surface area contributed by atoms with Gasteiger partial charge in [-0.05, 0) is 32.1 Å². The zero-order valence-corrected chi connectivity index (χ0v) is 11.3. The monoisotopic (exact) mass is 267 g/mol. The van der Waals surface area contributed by atoms with Crippen LogP contribution in [0.15, 0.2) is 12.2 Å². The van der Waals surface area contributed by atoms with Crippen LogP contribution in [0.25, 0.3) is 0 Å². The van der Waals surface area contributed by atoms with Crippen molar-refractivity contribution in [2.24, 2.45) is 23.7 Å². The summed E-state index contributed by atoms with van der Waals surface area (Å²) < 4.78 is 0. The van der Waals surface area contributed by atoms with Crippen molar-refractivity contribution in [1.82, 2.24) is 4.90 Å². The lowest BCUT2D eigenvalue weighted by molar-refractivity contribution is -0.152. The first kappa shape index (κ1) is 14.1. The number of aliphatic carboxylic acids is 1. The summed E-state index contributed by atoms with van der Waals surface area (Å²) in [5.74, 6) is -2.07. The number of aliphatic hydroxyl groups excluding tert-OH is 1. The van der Waals surface area contributed by atoms with Gasteiger partial charge in [0.1, 0.15) is 0 Å². The van der Waals surface area contributed by atoms with Crippen molar-refractivity contribution in [2.45, 2.75) is 26.3 Å². The van der Waals surface area contributed by atoms with E-state index in [1.807, 2.05) is 26.0 Å². The molecular formula is C14H21NO4. The summed E-state index contributed by atoms with van der Waals surface area (Å²) >= 11 is 0. The van der Waals surface area contributed by atoms with E-state index in [2.05, 4.69) is 0 Å². The van der Waals surface area contributed by atoms with Crippen LogP contribution < -0.4 is 0 Å². The van der Waals surface area contributed by atoms with Crippen molar-refractivity contribution < 1.29 is 19.8 Å². The molecule has 2 N–H and O–H groups in total. The molecule has 1 saturated carbocycles. The Hall–Kier alpha value is -1.36. The lowest BCUT2D eigenvalue weighted by atomic mass is 9.82. The van der Waals surface area contributed by atoms with E-state index in [0.29, 0.717) is 0 Å². The third kappa shape index (κ3) is 2.39. The van der Waals surface area contributed by atoms with Gasteiger partial charge in [0, 0.05) is 12.6 Å². The lowest BCUT2D eigenvalue weighted by Crippen LogP contribution is -2.47. The molecule has 19 heavy (non-hydrogen) atoms. The van der Waals surface area contributed by atoms with Crippen LogP contribution in [0.1, 0.15) is 20.3 Å². The van der Waals surface area contributed by atoms with Gasteiger partial charge in [-0.3, -0.25) is 9.59 Å². The number of carboxylic acids is 1. The molecule has 0 saturated heterocycles. The van der Waals surface area contributed by atoms with Gasteiger partial charge in [-0.15, -0.1) is 0 Å². The number of carbonyl (C=O) groups excluding carboxylic acids is 1. The number of amides is 1. The molecule has 106 valence electrons. The number of carbonyl (C=O) groups is 2. The standard InChI is InChI=1S/C14H21NO4/c1-8(2)15(5-6-16)13(17)11-9-3-4-10(7-9)12(11)14(18)19/h3-4,8-12,16H,5-7H2,1-2H3,(H,18,19). The van der Waals surface area contributed by atoms with Crippen LogP contribution >= 0.6 is 0 Å². The van der Waals surface area contributed by atoms with Crippen molar-refractivity contribution >= 4 is 11.9 Å². The van der Waals surface area contributed by atoms with Crippen LogP contribution in [0.2, 0.25) is 0 Å². The third-order valence-electron chi connectivity index (χ3n) is 4.28. The Morgan fingerprint density at radius 3 is 2.32 bits per heavy atom. The van der Waals surface area contributed by atoms with E-state index < -0.39 is 17.8 Å². The van der Waals surface area contributed by atoms with Gasteiger partial charge in [-0.2, -0.15) is 0 Å². The minimum Gasteiger partial charge on any atom is -0.481 e. The van der Waals surface area contributed by atoms with Gasteiger partial charge in [0.25, 0.3) is 0 Å². The summed E-state index contributed by atoms with van der Waals surface area (Å²) in [7, 11) is 0. The topological polar surface area (TPSA) is 77.8 Å². The van der Waals surface area contributed by atoms with Gasteiger partial charge in [-0.25, -0.2) is 0 Å². The summed E-state index contributed by atoms with van der Waals surface area (Å²) in [4.78, 5) is 25.6. The molecule has 0 aromatic heterocycles. The molecule has 1 amide bonds. The van der Waals surface area contributed by atoms with Crippen LogP contribution in [0.4, 0.5) is 0 Å². The van der Waals surface area contributed by atoms with Gasteiger partial charge in [0.2, 0.25) is 5.91 Å². The zero-order chi connectivity index (χ0) is 14.2. The maximum Gasteiger partial charge on any atom is 0.307 e. The lowest BCUT2D eigenvalue weighted by Gasteiger charge is -2.33. The Balaban J connectivity index is 2.21. The predicted molar refractivity (Wildman–Crippen MR) is 69.3 cm³/mol. The first-order valence-corrected chi connectivity index (χ1v) is 6.79. The van der Waals surface area contributed by atoms with E-state index in [1.54, 1.807) is 4.90 Å². The molecule has 0 radical (unpaired) electrons. The molecule has 5 heteroatoms. The number of hydrogen-bond acceptors (Lipinski definition) is 3. The average molecular weight is 267 g/mol. The molecule has 0 spiro atoms. The summed E-state index contributed by atoms with van der Waals surface area (Å²) in [6.45, 7) is 3.93. The van der Waals surface area contributed by atoms with Gasteiger partial charge in [0.15, 0.2) is 0 Å². The molecule has 4 atom stereocenters. The third-order valence-corrected chi connectivity index (χ3v) is 4.28. The number of nitrogens with zero attached hydrogens (tertiary/aromatic N) is 1. The number of aliphatic hydroxyl groups is 1. The quantitative estimate of drug-likeness (QED) is 0.720. The maximum absolute atomic E-state index is 12.6. The molecule has 2 rings (SSSR count). The van der Waals surface area contributed by atoms with Crippen molar-refractivity contribution in [1.29, 1.82) is 0 Å². The first-order valence-electron chi connectivity index (χ1n) is 6.79. The van der Waals surface area contributed by atoms with Crippen LogP contribution in [0.5, 0.6) is 0 Å². The van der Waals surface area contributed by atoms with Crippen LogP contribution in [0, 0.1) is 23.7 Å². The summed E-state index contributed by atoms with van der Waals surface area (Å²) in [5, 5.41) is 18.4. The van der Waals surface area contributed by atoms with Crippen molar-refractivity contribution in [3.05, 3.63) is 12.2 Å². The molecule has 5 nitrogen and oxygen atoms in total. The first-order chi connectivity index (χ1) is 8.97. The number of hydrogen-bond donors (Lipinski definition) is 2. The van der Waals surface area contributed by atoms with Crippen molar-refractivity contribution in [3.8, 4) is 0 Å². The van der Waals surface area contributed by atoms with E-state index >= 15 is 0 Å². The molecule has 0 aromatic rings. The van der Waals surface area contributed by atoms with E-state index in [-0.39, 0.29) is 36.9 Å². The molecular weight excluding hydrogens is 246 g/mol. The molecule has 2 aliphatic rings. The van der Waals surface area contributed by atoms with Crippen LogP contribution in [0.3, 0.4) is 0 Å². The van der Waals surface area contributed by atoms with Crippen molar-refractivity contribution in [3.63, 3.8) is 0 Å². The van der Waals surface area contributed by atoms with E-state index in [4.69, 9.17) is 5.11 Å². The fourth-order valence-corrected chi connectivity index (χ4v) is 3.42. The number of allylic oxidation sites excluding steroid dienone is 2. The highest BCUT2D eigenvalue weighted by molar-refractivity contribution is 5.87. The normalized spacial score (nSPS) is 32.0. The Morgan fingerprint density at radius 1 is 1.26 bits per heavy atom. The summed E-state index contributed by atoms with van der Waals surface area (Å²) in [6.07, 6.45) is 4.67. The second-order valence-corrected chi connectivity index (χ2v) is 5.69. The minimum atomic E-state index is -0.886. The van der Waals surface area contributed by atoms with Gasteiger partial charge in [-0.1, -0.05) is 12.2 Å². The van der Waals surface area contributed by atoms with Crippen LogP contribution in [-0.2, 0) is 9.59 Å². The molecule has 4 unspecified atom stereocenters. The van der Waals surface area contributed by atoms with Gasteiger partial charge in [0.05, 0.1) is 18.4 Å². The van der Waals surface area contributed by atoms with Crippen LogP contribution in [-0.4, -0.2) is 46.2 Å². The molecule has 1 fully saturated rings. The fourth-order valence-electron chi connectivity index (χ4n) is 3.42. The highest BCUT2D eigenvalue weighted by Crippen LogP contribution is 2.48. The maximum atomic E-state index is 12.6. The SMILES string of the molecule is CC(C)N(CCO)C(=O)C1C2C=CC(C2)C1C(=O)O. The molecule has 2 aliphatic carbocycles. The average Bonchev–Trinajstić information content (AvgIpc) is 2.94. The molecule has 2 bridgehead atoms. The van der Waals surface area contributed by atoms with E-state index in [1.165, 1.54) is 0 Å². The Morgan fingerprint density at radius 2 is 1.84 bits per heavy atom. The minimum absolute atomic E-state index is 0.0143. The summed E-state index contributed by atoms with van der Waals surface area (Å²) in [6, 6.07) is -0.0304. The van der Waals surface area contributed by atoms with E-state index in [0.717, 1.165) is 6.42 Å². The van der Waals surface area contributed by atoms with Crippen molar-refractivity contribution in [2.75, 3.05) is 13.2 Å². The zero-order valence-electron chi connectivity index (χ0n) is 11.3. The second kappa shape index (κ2) is 5.33. The highest BCUT2D eigenvalue weighted by atomic mass is 16.4. The summed E-state index contributed by atoms with van der Waals surface area (Å²) in [5.41, 5.74) is 0. The molecule has 0 heterocycles. The van der Waals surface area contributed by atoms with Gasteiger partial charge >= 0.3 is 5.97 Å².